The Morgan fingerprint density at radius 2 is 2.29 bits per heavy atom. The van der Waals surface area contributed by atoms with E-state index in [1.54, 1.807) is 0 Å². The highest BCUT2D eigenvalue weighted by Gasteiger charge is 2.00. The smallest absolute Gasteiger partial charge is 0.0514 e. The molecule has 3 N–H and O–H groups in total. The van der Waals surface area contributed by atoms with Crippen LogP contribution in [0.4, 0.5) is 0 Å². The van der Waals surface area contributed by atoms with Gasteiger partial charge in [-0.1, -0.05) is 6.08 Å². The normalized spacial score (nSPS) is 16.9. The molecule has 1 aliphatic rings. The molecule has 1 aliphatic carbocycles. The molecule has 0 fully saturated rings. The van der Waals surface area contributed by atoms with Crippen molar-refractivity contribution in [3.8, 4) is 0 Å². The van der Waals surface area contributed by atoms with Crippen LogP contribution in [0.3, 0.4) is 0 Å². The summed E-state index contributed by atoms with van der Waals surface area (Å²) in [7, 11) is 0. The molecule has 0 aromatic heterocycles. The van der Waals surface area contributed by atoms with E-state index in [0.717, 1.165) is 5.70 Å². The van der Waals surface area contributed by atoms with E-state index >= 15 is 0 Å². The molecule has 38 valence electrons. The molecule has 2 nitrogen and oxygen atoms in total. The monoisotopic (exact) mass is 96.1 g/mol. The number of rotatable bonds is 1. The van der Waals surface area contributed by atoms with Gasteiger partial charge in [0.05, 0.1) is 5.70 Å². The summed E-state index contributed by atoms with van der Waals surface area (Å²) in [6.07, 6.45) is 3.95. The molecule has 0 bridgehead atoms. The zero-order valence-corrected chi connectivity index (χ0v) is 4.23. The Morgan fingerprint density at radius 3 is 2.29 bits per heavy atom. The second kappa shape index (κ2) is 1.39. The second-order valence-corrected chi connectivity index (χ2v) is 1.57. The number of nitrogens with two attached hydrogens (primary N) is 1. The lowest BCUT2D eigenvalue weighted by atomic mass is 10.1. The Morgan fingerprint density at radius 1 is 1.57 bits per heavy atom. The van der Waals surface area contributed by atoms with Crippen molar-refractivity contribution < 1.29 is 0 Å². The molecule has 0 unspecified atom stereocenters. The largest absolute Gasteiger partial charge is 0.324 e. The van der Waals surface area contributed by atoms with Crippen molar-refractivity contribution in [3.05, 3.63) is 23.4 Å². The summed E-state index contributed by atoms with van der Waals surface area (Å²) in [5, 5.41) is 0. The first-order chi connectivity index (χ1) is 3.34. The topological polar surface area (TPSA) is 38.0 Å². The number of hydrazine groups is 1. The first kappa shape index (κ1) is 4.40. The molecule has 0 saturated heterocycles. The van der Waals surface area contributed by atoms with Crippen LogP contribution in [0.2, 0.25) is 0 Å². The summed E-state index contributed by atoms with van der Waals surface area (Å²) in [6.45, 7) is 2.01. The minimum absolute atomic E-state index is 1.04. The third-order valence-corrected chi connectivity index (χ3v) is 1.08. The summed E-state index contributed by atoms with van der Waals surface area (Å²) in [4.78, 5) is 0. The SMILES string of the molecule is CC1=CC=C1NN. The zero-order valence-electron chi connectivity index (χ0n) is 4.23. The molecule has 0 spiro atoms. The fourth-order valence-electron chi connectivity index (χ4n) is 0.495. The quantitative estimate of drug-likeness (QED) is 0.364. The second-order valence-electron chi connectivity index (χ2n) is 1.57. The van der Waals surface area contributed by atoms with Crippen LogP contribution in [0.25, 0.3) is 0 Å². The number of hydrogen-bond acceptors (Lipinski definition) is 2. The predicted molar refractivity (Wildman–Crippen MR) is 29.2 cm³/mol. The standard InChI is InChI=1S/C5H8N2/c1-4-2-3-5(4)7-6/h2-3,7H,6H2,1H3. The van der Waals surface area contributed by atoms with Crippen molar-refractivity contribution in [3.63, 3.8) is 0 Å². The van der Waals surface area contributed by atoms with Gasteiger partial charge in [-0.25, -0.2) is 0 Å². The average Bonchev–Trinajstić information content (AvgIpc) is 1.65. The van der Waals surface area contributed by atoms with Crippen LogP contribution in [-0.4, -0.2) is 0 Å². The van der Waals surface area contributed by atoms with Crippen LogP contribution in [0.15, 0.2) is 23.4 Å². The van der Waals surface area contributed by atoms with Gasteiger partial charge in [-0.05, 0) is 18.6 Å². The highest BCUT2D eigenvalue weighted by molar-refractivity contribution is 5.41. The summed E-state index contributed by atoms with van der Waals surface area (Å²) in [5.41, 5.74) is 4.81. The van der Waals surface area contributed by atoms with Crippen molar-refractivity contribution in [1.82, 2.24) is 5.43 Å². The fraction of sp³-hybridized carbons (Fsp3) is 0.200. The van der Waals surface area contributed by atoms with Crippen molar-refractivity contribution in [2.24, 2.45) is 5.84 Å². The molecule has 0 aliphatic heterocycles. The van der Waals surface area contributed by atoms with Gasteiger partial charge in [0.2, 0.25) is 0 Å². The lowest BCUT2D eigenvalue weighted by Crippen LogP contribution is -2.23. The third kappa shape index (κ3) is 0.525. The maximum absolute atomic E-state index is 5.07. The van der Waals surface area contributed by atoms with E-state index in [2.05, 4.69) is 5.43 Å². The molecule has 0 atom stereocenters. The van der Waals surface area contributed by atoms with Gasteiger partial charge >= 0.3 is 0 Å². The number of nitrogens with one attached hydrogen (secondary N) is 1. The van der Waals surface area contributed by atoms with Crippen molar-refractivity contribution in [2.45, 2.75) is 6.92 Å². The zero-order chi connectivity index (χ0) is 5.28. The van der Waals surface area contributed by atoms with Gasteiger partial charge in [-0.2, -0.15) is 0 Å². The summed E-state index contributed by atoms with van der Waals surface area (Å²) in [5.74, 6) is 5.07. The first-order valence-corrected chi connectivity index (χ1v) is 2.20. The third-order valence-electron chi connectivity index (χ3n) is 1.08. The molecule has 0 heterocycles. The summed E-state index contributed by atoms with van der Waals surface area (Å²) >= 11 is 0. The van der Waals surface area contributed by atoms with E-state index in [1.807, 2.05) is 19.1 Å². The van der Waals surface area contributed by atoms with E-state index in [1.165, 1.54) is 5.57 Å². The fourth-order valence-corrected chi connectivity index (χ4v) is 0.495. The highest BCUT2D eigenvalue weighted by atomic mass is 15.2. The van der Waals surface area contributed by atoms with Gasteiger partial charge in [0, 0.05) is 0 Å². The minimum atomic E-state index is 1.04. The van der Waals surface area contributed by atoms with Crippen molar-refractivity contribution in [1.29, 1.82) is 0 Å². The number of hydrogen-bond donors (Lipinski definition) is 2. The Bertz CT molecular complexity index is 133. The molecule has 7 heavy (non-hydrogen) atoms. The van der Waals surface area contributed by atoms with E-state index < -0.39 is 0 Å². The van der Waals surface area contributed by atoms with Gasteiger partial charge in [0.25, 0.3) is 0 Å². The Hall–Kier alpha value is -0.760. The maximum Gasteiger partial charge on any atom is 0.0514 e. The van der Waals surface area contributed by atoms with Gasteiger partial charge in [0.15, 0.2) is 0 Å². The van der Waals surface area contributed by atoms with E-state index in [-0.39, 0.29) is 0 Å². The Balaban J connectivity index is 2.47. The molecule has 2 heteroatoms. The van der Waals surface area contributed by atoms with Gasteiger partial charge in [-0.15, -0.1) is 0 Å². The first-order valence-electron chi connectivity index (χ1n) is 2.20. The Kier molecular flexibility index (Phi) is 0.872. The van der Waals surface area contributed by atoms with E-state index in [9.17, 15) is 0 Å². The van der Waals surface area contributed by atoms with Crippen LogP contribution < -0.4 is 11.3 Å². The molecule has 0 aromatic rings. The van der Waals surface area contributed by atoms with Gasteiger partial charge in [-0.3, -0.25) is 5.84 Å². The van der Waals surface area contributed by atoms with Crippen molar-refractivity contribution in [2.75, 3.05) is 0 Å². The van der Waals surface area contributed by atoms with E-state index in [4.69, 9.17) is 5.84 Å². The molecule has 0 saturated carbocycles. The van der Waals surface area contributed by atoms with Gasteiger partial charge < -0.3 is 5.43 Å². The lowest BCUT2D eigenvalue weighted by molar-refractivity contribution is 0.881. The Labute approximate surface area is 42.7 Å². The van der Waals surface area contributed by atoms with Crippen LogP contribution in [0.5, 0.6) is 0 Å². The maximum atomic E-state index is 5.07. The minimum Gasteiger partial charge on any atom is -0.324 e. The lowest BCUT2D eigenvalue weighted by Gasteiger charge is -2.11. The van der Waals surface area contributed by atoms with Crippen LogP contribution in [0, 0.1) is 0 Å². The summed E-state index contributed by atoms with van der Waals surface area (Å²) in [6, 6.07) is 0. The molecule has 1 rings (SSSR count). The van der Waals surface area contributed by atoms with Crippen LogP contribution >= 0.6 is 0 Å². The molecule has 0 amide bonds. The highest BCUT2D eigenvalue weighted by Crippen LogP contribution is 2.13. The van der Waals surface area contributed by atoms with Crippen LogP contribution in [0.1, 0.15) is 6.92 Å². The van der Waals surface area contributed by atoms with E-state index in [0.29, 0.717) is 0 Å². The molecular formula is C5H8N2. The van der Waals surface area contributed by atoms with Crippen LogP contribution in [-0.2, 0) is 0 Å². The summed E-state index contributed by atoms with van der Waals surface area (Å²) < 4.78 is 0. The molecule has 0 radical (unpaired) electrons. The predicted octanol–water partition coefficient (Wildman–Crippen LogP) is 0.294. The van der Waals surface area contributed by atoms with Crippen molar-refractivity contribution >= 4 is 0 Å². The van der Waals surface area contributed by atoms with Gasteiger partial charge in [0.1, 0.15) is 0 Å². The molecule has 0 aromatic carbocycles. The molecular weight excluding hydrogens is 88.1 g/mol. The average molecular weight is 96.1 g/mol. The number of allylic oxidation sites excluding steroid dienone is 3.